The van der Waals surface area contributed by atoms with E-state index in [1.54, 1.807) is 42.6 Å². The molecule has 106 valence electrons. The standard InChI is InChI=1S/C16H13BrN2O2/c17-13-5-1-11(2-6-13)15(20)9-10-19-14-7-3-12(4-8-14)16(18)21/h1-10,19H,(H2,18,21)/b10-9+. The molecule has 2 aromatic carbocycles. The number of benzene rings is 2. The molecule has 3 N–H and O–H groups in total. The smallest absolute Gasteiger partial charge is 0.248 e. The third-order valence-electron chi connectivity index (χ3n) is 2.78. The predicted molar refractivity (Wildman–Crippen MR) is 86.2 cm³/mol. The molecule has 2 aromatic rings. The van der Waals surface area contributed by atoms with E-state index < -0.39 is 5.91 Å². The predicted octanol–water partition coefficient (Wildman–Crippen LogP) is 3.36. The second-order valence-electron chi connectivity index (χ2n) is 4.29. The van der Waals surface area contributed by atoms with E-state index in [4.69, 9.17) is 5.73 Å². The normalized spacial score (nSPS) is 10.5. The molecule has 0 fully saturated rings. The van der Waals surface area contributed by atoms with Crippen LogP contribution in [0.1, 0.15) is 20.7 Å². The number of nitrogens with two attached hydrogens (primary N) is 1. The number of hydrogen-bond donors (Lipinski definition) is 2. The Morgan fingerprint density at radius 2 is 1.52 bits per heavy atom. The Kier molecular flexibility index (Phi) is 4.90. The zero-order valence-corrected chi connectivity index (χ0v) is 12.6. The van der Waals surface area contributed by atoms with Gasteiger partial charge >= 0.3 is 0 Å². The largest absolute Gasteiger partial charge is 0.366 e. The van der Waals surface area contributed by atoms with Crippen LogP contribution in [0.3, 0.4) is 0 Å². The zero-order valence-electron chi connectivity index (χ0n) is 11.0. The summed E-state index contributed by atoms with van der Waals surface area (Å²) in [7, 11) is 0. The van der Waals surface area contributed by atoms with Crippen LogP contribution in [-0.2, 0) is 0 Å². The number of primary amides is 1. The van der Waals surface area contributed by atoms with Gasteiger partial charge in [0, 0.05) is 33.6 Å². The SMILES string of the molecule is NC(=O)c1ccc(N/C=C/C(=O)c2ccc(Br)cc2)cc1. The van der Waals surface area contributed by atoms with Crippen LogP contribution >= 0.6 is 15.9 Å². The van der Waals surface area contributed by atoms with Gasteiger partial charge in [-0.1, -0.05) is 15.9 Å². The Labute approximate surface area is 130 Å². The van der Waals surface area contributed by atoms with E-state index in [0.717, 1.165) is 10.2 Å². The van der Waals surface area contributed by atoms with E-state index >= 15 is 0 Å². The van der Waals surface area contributed by atoms with Gasteiger partial charge in [0.15, 0.2) is 5.78 Å². The van der Waals surface area contributed by atoms with Crippen LogP contribution in [0, 0.1) is 0 Å². The monoisotopic (exact) mass is 344 g/mol. The van der Waals surface area contributed by atoms with Gasteiger partial charge in [-0.05, 0) is 48.5 Å². The Balaban J connectivity index is 1.97. The van der Waals surface area contributed by atoms with Crippen LogP contribution in [0.4, 0.5) is 5.69 Å². The molecule has 5 heteroatoms. The van der Waals surface area contributed by atoms with Gasteiger partial charge in [0.05, 0.1) is 0 Å². The molecule has 4 nitrogen and oxygen atoms in total. The number of carbonyl (C=O) groups excluding carboxylic acids is 2. The van der Waals surface area contributed by atoms with Crippen molar-refractivity contribution < 1.29 is 9.59 Å². The topological polar surface area (TPSA) is 72.2 Å². The highest BCUT2D eigenvalue weighted by atomic mass is 79.9. The molecule has 0 atom stereocenters. The number of nitrogens with one attached hydrogen (secondary N) is 1. The molecule has 0 unspecified atom stereocenters. The first-order valence-electron chi connectivity index (χ1n) is 6.19. The minimum absolute atomic E-state index is 0.0937. The fraction of sp³-hybridized carbons (Fsp3) is 0. The Morgan fingerprint density at radius 3 is 2.10 bits per heavy atom. The number of rotatable bonds is 5. The number of anilines is 1. The summed E-state index contributed by atoms with van der Waals surface area (Å²) in [6.45, 7) is 0. The minimum Gasteiger partial charge on any atom is -0.366 e. The third-order valence-corrected chi connectivity index (χ3v) is 3.31. The van der Waals surface area contributed by atoms with Gasteiger partial charge in [0.1, 0.15) is 0 Å². The van der Waals surface area contributed by atoms with Crippen LogP contribution in [0.15, 0.2) is 65.3 Å². The van der Waals surface area contributed by atoms with E-state index in [-0.39, 0.29) is 5.78 Å². The van der Waals surface area contributed by atoms with E-state index in [9.17, 15) is 9.59 Å². The second-order valence-corrected chi connectivity index (χ2v) is 5.21. The van der Waals surface area contributed by atoms with Crippen molar-refractivity contribution in [3.8, 4) is 0 Å². The lowest BCUT2D eigenvalue weighted by Crippen LogP contribution is -2.10. The molecule has 21 heavy (non-hydrogen) atoms. The van der Waals surface area contributed by atoms with E-state index in [1.807, 2.05) is 12.1 Å². The summed E-state index contributed by atoms with van der Waals surface area (Å²) in [5.41, 5.74) is 6.97. The van der Waals surface area contributed by atoms with Gasteiger partial charge in [-0.15, -0.1) is 0 Å². The van der Waals surface area contributed by atoms with Gasteiger partial charge < -0.3 is 11.1 Å². The van der Waals surface area contributed by atoms with Crippen molar-refractivity contribution in [1.82, 2.24) is 0 Å². The molecule has 0 aliphatic carbocycles. The molecule has 0 aliphatic rings. The van der Waals surface area contributed by atoms with E-state index in [2.05, 4.69) is 21.2 Å². The van der Waals surface area contributed by atoms with Gasteiger partial charge in [0.2, 0.25) is 5.91 Å². The molecule has 0 radical (unpaired) electrons. The lowest BCUT2D eigenvalue weighted by Gasteiger charge is -2.01. The van der Waals surface area contributed by atoms with Crippen molar-refractivity contribution in [2.24, 2.45) is 5.73 Å². The summed E-state index contributed by atoms with van der Waals surface area (Å²) in [6.07, 6.45) is 3.01. The molecule has 0 saturated heterocycles. The average molecular weight is 345 g/mol. The summed E-state index contributed by atoms with van der Waals surface area (Å²) in [6, 6.07) is 13.8. The maximum Gasteiger partial charge on any atom is 0.248 e. The van der Waals surface area contributed by atoms with Gasteiger partial charge in [0.25, 0.3) is 0 Å². The van der Waals surface area contributed by atoms with Crippen LogP contribution in [0.2, 0.25) is 0 Å². The molecule has 0 saturated carbocycles. The summed E-state index contributed by atoms with van der Waals surface area (Å²) in [4.78, 5) is 22.8. The third kappa shape index (κ3) is 4.29. The fourth-order valence-corrected chi connectivity index (χ4v) is 1.92. The van der Waals surface area contributed by atoms with Crippen LogP contribution < -0.4 is 11.1 Å². The Hall–Kier alpha value is -2.40. The van der Waals surface area contributed by atoms with E-state index in [1.165, 1.54) is 6.08 Å². The summed E-state index contributed by atoms with van der Waals surface area (Å²) >= 11 is 3.32. The highest BCUT2D eigenvalue weighted by Crippen LogP contribution is 2.12. The molecule has 0 bridgehead atoms. The number of hydrogen-bond acceptors (Lipinski definition) is 3. The quantitative estimate of drug-likeness (QED) is 0.645. The van der Waals surface area contributed by atoms with Crippen molar-refractivity contribution in [3.63, 3.8) is 0 Å². The van der Waals surface area contributed by atoms with Crippen molar-refractivity contribution in [3.05, 3.63) is 76.4 Å². The molecule has 1 amide bonds. The lowest BCUT2D eigenvalue weighted by atomic mass is 10.1. The number of amides is 1. The number of carbonyl (C=O) groups is 2. The van der Waals surface area contributed by atoms with Crippen molar-refractivity contribution in [2.45, 2.75) is 0 Å². The van der Waals surface area contributed by atoms with Crippen LogP contribution in [-0.4, -0.2) is 11.7 Å². The molecule has 2 rings (SSSR count). The fourth-order valence-electron chi connectivity index (χ4n) is 1.65. The first kappa shape index (κ1) is 15.0. The van der Waals surface area contributed by atoms with Crippen molar-refractivity contribution >= 4 is 33.3 Å². The van der Waals surface area contributed by atoms with Crippen molar-refractivity contribution in [1.29, 1.82) is 0 Å². The first-order chi connectivity index (χ1) is 10.1. The summed E-state index contributed by atoms with van der Waals surface area (Å²) in [5.74, 6) is -0.564. The number of halogens is 1. The average Bonchev–Trinajstić information content (AvgIpc) is 2.48. The molecular formula is C16H13BrN2O2. The Bertz CT molecular complexity index is 676. The van der Waals surface area contributed by atoms with Crippen molar-refractivity contribution in [2.75, 3.05) is 5.32 Å². The second kappa shape index (κ2) is 6.85. The van der Waals surface area contributed by atoms with Gasteiger partial charge in [-0.25, -0.2) is 0 Å². The van der Waals surface area contributed by atoms with E-state index in [0.29, 0.717) is 11.1 Å². The molecular weight excluding hydrogens is 332 g/mol. The lowest BCUT2D eigenvalue weighted by molar-refractivity contribution is 0.0999. The first-order valence-corrected chi connectivity index (χ1v) is 6.98. The van der Waals surface area contributed by atoms with Gasteiger partial charge in [-0.3, -0.25) is 9.59 Å². The molecule has 0 heterocycles. The highest BCUT2D eigenvalue weighted by Gasteiger charge is 2.01. The Morgan fingerprint density at radius 1 is 0.952 bits per heavy atom. The summed E-state index contributed by atoms with van der Waals surface area (Å²) < 4.78 is 0.927. The zero-order chi connectivity index (χ0) is 15.2. The minimum atomic E-state index is -0.470. The molecule has 0 spiro atoms. The molecule has 0 aliphatic heterocycles. The van der Waals surface area contributed by atoms with Crippen LogP contribution in [0.25, 0.3) is 0 Å². The van der Waals surface area contributed by atoms with Crippen LogP contribution in [0.5, 0.6) is 0 Å². The highest BCUT2D eigenvalue weighted by molar-refractivity contribution is 9.10. The molecule has 0 aromatic heterocycles. The van der Waals surface area contributed by atoms with Gasteiger partial charge in [-0.2, -0.15) is 0 Å². The number of ketones is 1. The maximum absolute atomic E-state index is 11.9. The maximum atomic E-state index is 11.9. The summed E-state index contributed by atoms with van der Waals surface area (Å²) in [5, 5.41) is 2.96. The number of allylic oxidation sites excluding steroid dienone is 1.